The molecule has 0 spiro atoms. The van der Waals surface area contributed by atoms with Crippen molar-refractivity contribution in [2.45, 2.75) is 59.2 Å². The van der Waals surface area contributed by atoms with Gasteiger partial charge in [0, 0.05) is 44.1 Å². The number of carboxylic acids is 1. The van der Waals surface area contributed by atoms with E-state index in [0.29, 0.717) is 24.3 Å². The summed E-state index contributed by atoms with van der Waals surface area (Å²) in [5.74, 6) is -0.0994. The van der Waals surface area contributed by atoms with E-state index in [9.17, 15) is 14.7 Å². The van der Waals surface area contributed by atoms with E-state index in [1.54, 1.807) is 21.4 Å². The van der Waals surface area contributed by atoms with Gasteiger partial charge in [-0.1, -0.05) is 20.8 Å². The fourth-order valence-corrected chi connectivity index (χ4v) is 3.54. The minimum Gasteiger partial charge on any atom is -0.478 e. The Morgan fingerprint density at radius 1 is 1.19 bits per heavy atom. The maximum absolute atomic E-state index is 13.2. The van der Waals surface area contributed by atoms with E-state index in [1.807, 2.05) is 31.5 Å². The molecule has 8 heteroatoms. The molecule has 3 rings (SSSR count). The number of nitrogens with zero attached hydrogens (tertiary/aromatic N) is 5. The molecule has 0 bridgehead atoms. The van der Waals surface area contributed by atoms with Gasteiger partial charge in [-0.25, -0.2) is 19.6 Å². The van der Waals surface area contributed by atoms with Crippen molar-refractivity contribution in [2.75, 3.05) is 0 Å². The third-order valence-corrected chi connectivity index (χ3v) is 5.04. The van der Waals surface area contributed by atoms with Crippen LogP contribution in [0.4, 0.5) is 0 Å². The molecule has 27 heavy (non-hydrogen) atoms. The van der Waals surface area contributed by atoms with Crippen LogP contribution in [0.1, 0.15) is 55.8 Å². The van der Waals surface area contributed by atoms with Gasteiger partial charge in [0.1, 0.15) is 5.82 Å². The SMILES string of the molecule is CCc1nccn1CCn1c(=O)n(C(CC)CC)c2ncc(C(=O)O)cc21. The molecule has 8 nitrogen and oxygen atoms in total. The third-order valence-electron chi connectivity index (χ3n) is 5.04. The quantitative estimate of drug-likeness (QED) is 0.657. The standard InChI is InChI=1S/C19H25N5O3/c1-4-14(5-2)24-17-15(11-13(12-21-17)18(25)26)23(19(24)27)10-9-22-8-7-20-16(22)6-3/h7-8,11-12,14H,4-6,9-10H2,1-3H3,(H,25,26). The van der Waals surface area contributed by atoms with E-state index in [0.717, 1.165) is 25.1 Å². The Kier molecular flexibility index (Phi) is 5.43. The number of carboxylic acid groups (broad SMARTS) is 1. The lowest BCUT2D eigenvalue weighted by atomic mass is 10.1. The summed E-state index contributed by atoms with van der Waals surface area (Å²) in [7, 11) is 0. The monoisotopic (exact) mass is 371 g/mol. The van der Waals surface area contributed by atoms with Gasteiger partial charge in [-0.15, -0.1) is 0 Å². The minimum absolute atomic E-state index is 0.0314. The maximum atomic E-state index is 13.2. The Hall–Kier alpha value is -2.90. The van der Waals surface area contributed by atoms with Crippen LogP contribution in [-0.2, 0) is 19.5 Å². The van der Waals surface area contributed by atoms with E-state index in [2.05, 4.69) is 9.97 Å². The molecule has 144 valence electrons. The molecule has 0 aliphatic heterocycles. The number of pyridine rings is 1. The van der Waals surface area contributed by atoms with Crippen LogP contribution in [0.25, 0.3) is 11.2 Å². The first kappa shape index (κ1) is 18.9. The molecule has 3 heterocycles. The van der Waals surface area contributed by atoms with Crippen LogP contribution in [-0.4, -0.2) is 34.7 Å². The lowest BCUT2D eigenvalue weighted by Crippen LogP contribution is -2.28. The molecule has 0 saturated carbocycles. The number of aryl methyl sites for hydroxylation is 3. The van der Waals surface area contributed by atoms with Gasteiger partial charge >= 0.3 is 11.7 Å². The number of hydrogen-bond acceptors (Lipinski definition) is 4. The molecule has 0 radical (unpaired) electrons. The normalized spacial score (nSPS) is 11.6. The largest absolute Gasteiger partial charge is 0.478 e. The molecule has 3 aromatic rings. The fraction of sp³-hybridized carbons (Fsp3) is 0.474. The van der Waals surface area contributed by atoms with Crippen LogP contribution in [0, 0.1) is 0 Å². The van der Waals surface area contributed by atoms with Gasteiger partial charge in [0.2, 0.25) is 0 Å². The summed E-state index contributed by atoms with van der Waals surface area (Å²) in [6, 6.07) is 1.57. The molecule has 0 fully saturated rings. The van der Waals surface area contributed by atoms with E-state index in [1.165, 1.54) is 6.20 Å². The molecule has 0 atom stereocenters. The number of carbonyl (C=O) groups is 1. The van der Waals surface area contributed by atoms with E-state index >= 15 is 0 Å². The number of aromatic carboxylic acids is 1. The van der Waals surface area contributed by atoms with Gasteiger partial charge in [-0.3, -0.25) is 9.13 Å². The van der Waals surface area contributed by atoms with Crippen molar-refractivity contribution in [1.29, 1.82) is 0 Å². The Balaban J connectivity index is 2.11. The highest BCUT2D eigenvalue weighted by atomic mass is 16.4. The van der Waals surface area contributed by atoms with Gasteiger partial charge in [0.25, 0.3) is 0 Å². The number of hydrogen-bond donors (Lipinski definition) is 1. The van der Waals surface area contributed by atoms with Crippen molar-refractivity contribution in [3.05, 3.63) is 46.5 Å². The van der Waals surface area contributed by atoms with Crippen LogP contribution in [0.3, 0.4) is 0 Å². The highest BCUT2D eigenvalue weighted by molar-refractivity contribution is 5.91. The number of fused-ring (bicyclic) bond motifs is 1. The second-order valence-corrected chi connectivity index (χ2v) is 6.54. The summed E-state index contributed by atoms with van der Waals surface area (Å²) in [4.78, 5) is 33.2. The first-order valence-corrected chi connectivity index (χ1v) is 9.35. The van der Waals surface area contributed by atoms with Crippen LogP contribution in [0.5, 0.6) is 0 Å². The number of imidazole rings is 2. The summed E-state index contributed by atoms with van der Waals surface area (Å²) < 4.78 is 5.35. The summed E-state index contributed by atoms with van der Waals surface area (Å²) in [6.07, 6.45) is 7.38. The summed E-state index contributed by atoms with van der Waals surface area (Å²) in [6.45, 7) is 7.12. The van der Waals surface area contributed by atoms with E-state index < -0.39 is 5.97 Å². The van der Waals surface area contributed by atoms with Gasteiger partial charge in [0.15, 0.2) is 5.65 Å². The van der Waals surface area contributed by atoms with E-state index in [4.69, 9.17) is 0 Å². The molecule has 0 saturated heterocycles. The zero-order valence-electron chi connectivity index (χ0n) is 15.9. The topological polar surface area (TPSA) is 94.9 Å². The molecule has 0 amide bonds. The Morgan fingerprint density at radius 2 is 1.93 bits per heavy atom. The Morgan fingerprint density at radius 3 is 2.56 bits per heavy atom. The van der Waals surface area contributed by atoms with Gasteiger partial charge in [-0.05, 0) is 18.9 Å². The maximum Gasteiger partial charge on any atom is 0.337 e. The Labute approximate surface area is 157 Å². The smallest absolute Gasteiger partial charge is 0.337 e. The van der Waals surface area contributed by atoms with Crippen molar-refractivity contribution < 1.29 is 9.90 Å². The average molecular weight is 371 g/mol. The molecule has 0 unspecified atom stereocenters. The predicted octanol–water partition coefficient (Wildman–Crippen LogP) is 2.72. The molecule has 3 aromatic heterocycles. The van der Waals surface area contributed by atoms with Gasteiger partial charge in [0.05, 0.1) is 11.1 Å². The summed E-state index contributed by atoms with van der Waals surface area (Å²) >= 11 is 0. The Bertz CT molecular complexity index is 1010. The molecular formula is C19H25N5O3. The lowest BCUT2D eigenvalue weighted by molar-refractivity contribution is 0.0696. The highest BCUT2D eigenvalue weighted by Crippen LogP contribution is 2.21. The number of aromatic nitrogens is 5. The molecule has 0 aliphatic carbocycles. The van der Waals surface area contributed by atoms with Crippen molar-refractivity contribution in [2.24, 2.45) is 0 Å². The summed E-state index contributed by atoms with van der Waals surface area (Å²) in [5.41, 5.74) is 1.03. The summed E-state index contributed by atoms with van der Waals surface area (Å²) in [5, 5.41) is 9.31. The zero-order chi connectivity index (χ0) is 19.6. The van der Waals surface area contributed by atoms with Crippen molar-refractivity contribution in [3.63, 3.8) is 0 Å². The van der Waals surface area contributed by atoms with Crippen molar-refractivity contribution in [1.82, 2.24) is 23.7 Å². The fourth-order valence-electron chi connectivity index (χ4n) is 3.54. The molecule has 0 aromatic carbocycles. The minimum atomic E-state index is -1.05. The first-order chi connectivity index (χ1) is 13.0. The van der Waals surface area contributed by atoms with Gasteiger partial charge in [-0.2, -0.15) is 0 Å². The van der Waals surface area contributed by atoms with Crippen LogP contribution in [0.2, 0.25) is 0 Å². The molecular weight excluding hydrogens is 346 g/mol. The highest BCUT2D eigenvalue weighted by Gasteiger charge is 2.21. The lowest BCUT2D eigenvalue weighted by Gasteiger charge is -2.13. The van der Waals surface area contributed by atoms with Crippen molar-refractivity contribution >= 4 is 17.1 Å². The van der Waals surface area contributed by atoms with Crippen LogP contribution >= 0.6 is 0 Å². The second kappa shape index (κ2) is 7.77. The average Bonchev–Trinajstić information content (AvgIpc) is 3.23. The van der Waals surface area contributed by atoms with Crippen LogP contribution < -0.4 is 5.69 Å². The van der Waals surface area contributed by atoms with E-state index in [-0.39, 0.29) is 17.3 Å². The third kappa shape index (κ3) is 3.39. The number of rotatable bonds is 8. The molecule has 0 aliphatic rings. The second-order valence-electron chi connectivity index (χ2n) is 6.54. The van der Waals surface area contributed by atoms with Crippen LogP contribution in [0.15, 0.2) is 29.5 Å². The zero-order valence-corrected chi connectivity index (χ0v) is 15.9. The van der Waals surface area contributed by atoms with Gasteiger partial charge < -0.3 is 9.67 Å². The van der Waals surface area contributed by atoms with Crippen molar-refractivity contribution in [3.8, 4) is 0 Å². The first-order valence-electron chi connectivity index (χ1n) is 9.35. The molecule has 1 N–H and O–H groups in total. The predicted molar refractivity (Wildman–Crippen MR) is 102 cm³/mol.